The molecule has 0 radical (unpaired) electrons. The molecule has 28 heavy (non-hydrogen) atoms. The first-order valence-electron chi connectivity index (χ1n) is 10.1. The minimum atomic E-state index is -0.388. The first-order valence-corrected chi connectivity index (χ1v) is 10.1. The standard InChI is InChI=1S/C24H26N2O2/c1-17(18-10-4-2-5-11-18)25-22-19-12-6-7-13-20(19)23(27)24(28)21(22)16-26-14-8-3-9-15-26/h2,4-7,10-13,17,25H,3,8-9,14-16H2,1H3. The highest BCUT2D eigenvalue weighted by atomic mass is 16.2. The van der Waals surface area contributed by atoms with Crippen LogP contribution >= 0.6 is 0 Å². The van der Waals surface area contributed by atoms with E-state index in [4.69, 9.17) is 0 Å². The van der Waals surface area contributed by atoms with Gasteiger partial charge in [0.2, 0.25) is 11.6 Å². The largest absolute Gasteiger partial charge is 0.378 e. The highest BCUT2D eigenvalue weighted by Crippen LogP contribution is 2.31. The number of hydrogen-bond acceptors (Lipinski definition) is 4. The number of nitrogens with zero attached hydrogens (tertiary/aromatic N) is 1. The van der Waals surface area contributed by atoms with E-state index in [9.17, 15) is 9.59 Å². The van der Waals surface area contributed by atoms with Crippen molar-refractivity contribution < 1.29 is 9.59 Å². The van der Waals surface area contributed by atoms with Crippen LogP contribution in [0.5, 0.6) is 0 Å². The highest BCUT2D eigenvalue weighted by Gasteiger charge is 2.34. The van der Waals surface area contributed by atoms with Gasteiger partial charge in [-0.3, -0.25) is 14.5 Å². The van der Waals surface area contributed by atoms with E-state index in [1.165, 1.54) is 6.42 Å². The van der Waals surface area contributed by atoms with E-state index in [0.717, 1.165) is 42.8 Å². The van der Waals surface area contributed by atoms with Gasteiger partial charge in [0.1, 0.15) is 0 Å². The van der Waals surface area contributed by atoms with Crippen molar-refractivity contribution in [1.29, 1.82) is 0 Å². The zero-order chi connectivity index (χ0) is 19.5. The van der Waals surface area contributed by atoms with Crippen LogP contribution in [0.4, 0.5) is 0 Å². The summed E-state index contributed by atoms with van der Waals surface area (Å²) in [6.07, 6.45) is 3.53. The molecule has 0 saturated carbocycles. The maximum Gasteiger partial charge on any atom is 0.233 e. The Morgan fingerprint density at radius 1 is 0.857 bits per heavy atom. The lowest BCUT2D eigenvalue weighted by molar-refractivity contribution is -0.112. The third-order valence-electron chi connectivity index (χ3n) is 5.71. The number of likely N-dealkylation sites (tertiary alicyclic amines) is 1. The second-order valence-electron chi connectivity index (χ2n) is 7.67. The van der Waals surface area contributed by atoms with Crippen molar-refractivity contribution in [2.24, 2.45) is 0 Å². The molecule has 0 aromatic heterocycles. The van der Waals surface area contributed by atoms with E-state index >= 15 is 0 Å². The minimum Gasteiger partial charge on any atom is -0.378 e. The van der Waals surface area contributed by atoms with E-state index in [2.05, 4.69) is 29.3 Å². The molecule has 144 valence electrons. The van der Waals surface area contributed by atoms with E-state index in [1.807, 2.05) is 36.4 Å². The molecule has 4 nitrogen and oxygen atoms in total. The second-order valence-corrected chi connectivity index (χ2v) is 7.67. The Balaban J connectivity index is 1.74. The van der Waals surface area contributed by atoms with Gasteiger partial charge in [-0.15, -0.1) is 0 Å². The lowest BCUT2D eigenvalue weighted by atomic mass is 9.86. The van der Waals surface area contributed by atoms with E-state index in [-0.39, 0.29) is 17.6 Å². The molecule has 1 fully saturated rings. The smallest absolute Gasteiger partial charge is 0.233 e. The Kier molecular flexibility index (Phi) is 5.40. The number of piperidine rings is 1. The number of carbonyl (C=O) groups is 2. The molecule has 2 aliphatic rings. The topological polar surface area (TPSA) is 49.4 Å². The number of hydrogen-bond donors (Lipinski definition) is 1. The molecular formula is C24H26N2O2. The van der Waals surface area contributed by atoms with Gasteiger partial charge in [0, 0.05) is 29.3 Å². The molecule has 2 aromatic rings. The molecule has 4 rings (SSSR count). The molecule has 1 atom stereocenters. The molecule has 1 heterocycles. The molecule has 1 aliphatic carbocycles. The average Bonchev–Trinajstić information content (AvgIpc) is 2.75. The average molecular weight is 374 g/mol. The Morgan fingerprint density at radius 2 is 1.50 bits per heavy atom. The van der Waals surface area contributed by atoms with Crippen LogP contribution in [0.3, 0.4) is 0 Å². The summed E-state index contributed by atoms with van der Waals surface area (Å²) in [5.74, 6) is -0.757. The number of Topliss-reactive ketones (excluding diaryl/α,β-unsaturated/α-hetero) is 2. The predicted octanol–water partition coefficient (Wildman–Crippen LogP) is 4.00. The minimum absolute atomic E-state index is 0.0293. The van der Waals surface area contributed by atoms with Crippen molar-refractivity contribution in [2.75, 3.05) is 19.6 Å². The zero-order valence-electron chi connectivity index (χ0n) is 16.3. The number of ketones is 2. The molecule has 0 bridgehead atoms. The number of nitrogens with one attached hydrogen (secondary N) is 1. The van der Waals surface area contributed by atoms with Crippen molar-refractivity contribution in [3.8, 4) is 0 Å². The summed E-state index contributed by atoms with van der Waals surface area (Å²) in [4.78, 5) is 28.1. The van der Waals surface area contributed by atoms with Gasteiger partial charge in [0.15, 0.2) is 0 Å². The van der Waals surface area contributed by atoms with Gasteiger partial charge in [0.25, 0.3) is 0 Å². The molecule has 0 amide bonds. The molecular weight excluding hydrogens is 348 g/mol. The summed E-state index contributed by atoms with van der Waals surface area (Å²) >= 11 is 0. The number of fused-ring (bicyclic) bond motifs is 1. The van der Waals surface area contributed by atoms with Gasteiger partial charge in [-0.05, 0) is 38.4 Å². The SMILES string of the molecule is CC(NC1=C(CN2CCCCC2)C(=O)C(=O)c2ccccc21)c1ccccc1. The van der Waals surface area contributed by atoms with Gasteiger partial charge in [0.05, 0.1) is 5.70 Å². The van der Waals surface area contributed by atoms with Crippen LogP contribution in [0.2, 0.25) is 0 Å². The van der Waals surface area contributed by atoms with Gasteiger partial charge in [-0.1, -0.05) is 61.0 Å². The molecule has 0 spiro atoms. The van der Waals surface area contributed by atoms with E-state index in [0.29, 0.717) is 17.7 Å². The van der Waals surface area contributed by atoms with Crippen molar-refractivity contribution in [3.05, 3.63) is 76.9 Å². The van der Waals surface area contributed by atoms with Crippen LogP contribution in [0.1, 0.15) is 53.7 Å². The van der Waals surface area contributed by atoms with E-state index in [1.54, 1.807) is 6.07 Å². The van der Waals surface area contributed by atoms with Gasteiger partial charge < -0.3 is 5.32 Å². The van der Waals surface area contributed by atoms with Crippen molar-refractivity contribution in [3.63, 3.8) is 0 Å². The normalized spacial score (nSPS) is 18.8. The van der Waals surface area contributed by atoms with Crippen molar-refractivity contribution in [1.82, 2.24) is 10.2 Å². The zero-order valence-corrected chi connectivity index (χ0v) is 16.3. The second kappa shape index (κ2) is 8.11. The molecule has 1 saturated heterocycles. The van der Waals surface area contributed by atoms with Crippen LogP contribution in [-0.2, 0) is 4.79 Å². The summed E-state index contributed by atoms with van der Waals surface area (Å²) in [6, 6.07) is 17.6. The Hall–Kier alpha value is -2.72. The Labute approximate surface area is 166 Å². The molecule has 2 aromatic carbocycles. The van der Waals surface area contributed by atoms with Crippen LogP contribution in [0.25, 0.3) is 5.70 Å². The fourth-order valence-electron chi connectivity index (χ4n) is 4.13. The van der Waals surface area contributed by atoms with Crippen molar-refractivity contribution in [2.45, 2.75) is 32.2 Å². The highest BCUT2D eigenvalue weighted by molar-refractivity contribution is 6.52. The van der Waals surface area contributed by atoms with Gasteiger partial charge in [-0.25, -0.2) is 0 Å². The summed E-state index contributed by atoms with van der Waals surface area (Å²) in [6.45, 7) is 4.58. The first-order chi connectivity index (χ1) is 13.6. The fourth-order valence-corrected chi connectivity index (χ4v) is 4.13. The van der Waals surface area contributed by atoms with E-state index < -0.39 is 0 Å². The maximum absolute atomic E-state index is 13.0. The van der Waals surface area contributed by atoms with Crippen LogP contribution < -0.4 is 5.32 Å². The molecule has 4 heteroatoms. The fraction of sp³-hybridized carbons (Fsp3) is 0.333. The molecule has 1 unspecified atom stereocenters. The summed E-state index contributed by atoms with van der Waals surface area (Å²) in [5, 5.41) is 3.56. The number of carbonyl (C=O) groups excluding carboxylic acids is 2. The monoisotopic (exact) mass is 374 g/mol. The molecule has 1 aliphatic heterocycles. The number of rotatable bonds is 5. The third kappa shape index (κ3) is 3.65. The maximum atomic E-state index is 13.0. The van der Waals surface area contributed by atoms with Crippen LogP contribution in [-0.4, -0.2) is 36.1 Å². The Bertz CT molecular complexity index is 911. The summed E-state index contributed by atoms with van der Waals surface area (Å²) in [7, 11) is 0. The Morgan fingerprint density at radius 3 is 2.21 bits per heavy atom. The first kappa shape index (κ1) is 18.6. The van der Waals surface area contributed by atoms with Crippen LogP contribution in [0, 0.1) is 0 Å². The van der Waals surface area contributed by atoms with Crippen LogP contribution in [0.15, 0.2) is 60.2 Å². The third-order valence-corrected chi connectivity index (χ3v) is 5.71. The summed E-state index contributed by atoms with van der Waals surface area (Å²) in [5.41, 5.74) is 3.89. The lowest BCUT2D eigenvalue weighted by Gasteiger charge is -2.31. The quantitative estimate of drug-likeness (QED) is 0.804. The van der Waals surface area contributed by atoms with Gasteiger partial charge >= 0.3 is 0 Å². The van der Waals surface area contributed by atoms with Gasteiger partial charge in [-0.2, -0.15) is 0 Å². The predicted molar refractivity (Wildman–Crippen MR) is 111 cm³/mol. The summed E-state index contributed by atoms with van der Waals surface area (Å²) < 4.78 is 0. The van der Waals surface area contributed by atoms with Crippen molar-refractivity contribution >= 4 is 17.3 Å². The number of benzene rings is 2. The molecule has 1 N–H and O–H groups in total. The lowest BCUT2D eigenvalue weighted by Crippen LogP contribution is -2.38.